The van der Waals surface area contributed by atoms with Crippen LogP contribution in [0.15, 0.2) is 0 Å². The zero-order valence-electron chi connectivity index (χ0n) is 10.7. The maximum absolute atomic E-state index is 11.7. The molecule has 16 heavy (non-hydrogen) atoms. The molecule has 1 N–H and O–H groups in total. The van der Waals surface area contributed by atoms with Crippen LogP contribution in [-0.4, -0.2) is 37.5 Å². The zero-order chi connectivity index (χ0) is 11.3. The minimum absolute atomic E-state index is 0. The third-order valence-electron chi connectivity index (χ3n) is 3.42. The summed E-state index contributed by atoms with van der Waals surface area (Å²) < 4.78 is 0. The Morgan fingerprint density at radius 2 is 1.94 bits per heavy atom. The molecular weight excluding hydrogens is 224 g/mol. The second kappa shape index (κ2) is 7.91. The Morgan fingerprint density at radius 3 is 2.38 bits per heavy atom. The van der Waals surface area contributed by atoms with E-state index in [1.165, 1.54) is 12.8 Å². The molecule has 1 aliphatic heterocycles. The number of nitrogens with zero attached hydrogens (tertiary/aromatic N) is 1. The van der Waals surface area contributed by atoms with Crippen LogP contribution >= 0.6 is 12.4 Å². The van der Waals surface area contributed by atoms with Gasteiger partial charge in [0, 0.05) is 26.1 Å². The standard InChI is InChI=1S/C12H24N2O.ClH/c1-10(2)11-5-8-14(9-6-11)12(15)4-7-13-3;/h10-11,13H,4-9H2,1-3H3;1H. The Hall–Kier alpha value is -0.280. The normalized spacial score (nSPS) is 17.4. The minimum atomic E-state index is 0. The van der Waals surface area contributed by atoms with E-state index in [0.717, 1.165) is 31.5 Å². The van der Waals surface area contributed by atoms with Crippen LogP contribution in [0, 0.1) is 11.8 Å². The summed E-state index contributed by atoms with van der Waals surface area (Å²) in [7, 11) is 1.89. The minimum Gasteiger partial charge on any atom is -0.343 e. The molecule has 0 aromatic heterocycles. The van der Waals surface area contributed by atoms with E-state index >= 15 is 0 Å². The second-order valence-electron chi connectivity index (χ2n) is 4.82. The molecule has 1 fully saturated rings. The van der Waals surface area contributed by atoms with Crippen molar-refractivity contribution in [2.24, 2.45) is 11.8 Å². The molecule has 0 aliphatic carbocycles. The van der Waals surface area contributed by atoms with Crippen molar-refractivity contribution >= 4 is 18.3 Å². The predicted octanol–water partition coefficient (Wildman–Crippen LogP) is 1.91. The van der Waals surface area contributed by atoms with Crippen LogP contribution in [0.1, 0.15) is 33.1 Å². The van der Waals surface area contributed by atoms with Crippen molar-refractivity contribution < 1.29 is 4.79 Å². The highest BCUT2D eigenvalue weighted by Gasteiger charge is 2.23. The van der Waals surface area contributed by atoms with E-state index in [-0.39, 0.29) is 12.4 Å². The van der Waals surface area contributed by atoms with Crippen LogP contribution in [0.5, 0.6) is 0 Å². The molecule has 1 heterocycles. The summed E-state index contributed by atoms with van der Waals surface area (Å²) in [5, 5.41) is 3.02. The van der Waals surface area contributed by atoms with Gasteiger partial charge in [0.25, 0.3) is 0 Å². The maximum atomic E-state index is 11.7. The molecule has 1 aliphatic rings. The molecule has 0 spiro atoms. The molecular formula is C12H25ClN2O. The van der Waals surface area contributed by atoms with Crippen molar-refractivity contribution in [1.29, 1.82) is 0 Å². The van der Waals surface area contributed by atoms with Crippen LogP contribution in [0.3, 0.4) is 0 Å². The first-order valence-corrected chi connectivity index (χ1v) is 6.07. The average Bonchev–Trinajstić information content (AvgIpc) is 2.26. The molecule has 0 radical (unpaired) electrons. The number of likely N-dealkylation sites (tertiary alicyclic amines) is 1. The van der Waals surface area contributed by atoms with Gasteiger partial charge in [-0.15, -0.1) is 12.4 Å². The van der Waals surface area contributed by atoms with Gasteiger partial charge in [0.15, 0.2) is 0 Å². The Kier molecular flexibility index (Phi) is 7.77. The van der Waals surface area contributed by atoms with Gasteiger partial charge in [0.2, 0.25) is 5.91 Å². The molecule has 0 atom stereocenters. The number of nitrogens with one attached hydrogen (secondary N) is 1. The van der Waals surface area contributed by atoms with Gasteiger partial charge in [-0.05, 0) is 31.7 Å². The lowest BCUT2D eigenvalue weighted by Crippen LogP contribution is -2.40. The fourth-order valence-corrected chi connectivity index (χ4v) is 2.21. The fraction of sp³-hybridized carbons (Fsp3) is 0.917. The Morgan fingerprint density at radius 1 is 1.38 bits per heavy atom. The van der Waals surface area contributed by atoms with Crippen LogP contribution in [0.2, 0.25) is 0 Å². The molecule has 0 aromatic carbocycles. The highest BCUT2D eigenvalue weighted by molar-refractivity contribution is 5.85. The van der Waals surface area contributed by atoms with Gasteiger partial charge in [0.1, 0.15) is 0 Å². The van der Waals surface area contributed by atoms with Gasteiger partial charge in [0.05, 0.1) is 0 Å². The van der Waals surface area contributed by atoms with E-state index in [9.17, 15) is 4.79 Å². The van der Waals surface area contributed by atoms with Gasteiger partial charge in [-0.3, -0.25) is 4.79 Å². The molecule has 0 unspecified atom stereocenters. The SMILES string of the molecule is CNCCC(=O)N1CCC(C(C)C)CC1.Cl. The van der Waals surface area contributed by atoms with E-state index in [2.05, 4.69) is 19.2 Å². The van der Waals surface area contributed by atoms with Crippen LogP contribution < -0.4 is 5.32 Å². The summed E-state index contributed by atoms with van der Waals surface area (Å²) in [6.07, 6.45) is 3.01. The molecule has 0 bridgehead atoms. The van der Waals surface area contributed by atoms with E-state index in [1.54, 1.807) is 0 Å². The number of halogens is 1. The van der Waals surface area contributed by atoms with Crippen LogP contribution in [-0.2, 0) is 4.79 Å². The smallest absolute Gasteiger partial charge is 0.223 e. The van der Waals surface area contributed by atoms with Crippen molar-refractivity contribution in [2.75, 3.05) is 26.7 Å². The van der Waals surface area contributed by atoms with E-state index < -0.39 is 0 Å². The number of carbonyl (C=O) groups excluding carboxylic acids is 1. The topological polar surface area (TPSA) is 32.3 Å². The summed E-state index contributed by atoms with van der Waals surface area (Å²) in [4.78, 5) is 13.7. The number of carbonyl (C=O) groups is 1. The number of amides is 1. The van der Waals surface area contributed by atoms with Crippen molar-refractivity contribution in [3.05, 3.63) is 0 Å². The third-order valence-corrected chi connectivity index (χ3v) is 3.42. The highest BCUT2D eigenvalue weighted by atomic mass is 35.5. The third kappa shape index (κ3) is 4.71. The molecule has 0 aromatic rings. The molecule has 4 heteroatoms. The monoisotopic (exact) mass is 248 g/mol. The van der Waals surface area contributed by atoms with Crippen molar-refractivity contribution in [2.45, 2.75) is 33.1 Å². The number of hydrogen-bond acceptors (Lipinski definition) is 2. The lowest BCUT2D eigenvalue weighted by atomic mass is 9.86. The summed E-state index contributed by atoms with van der Waals surface area (Å²) >= 11 is 0. The molecule has 3 nitrogen and oxygen atoms in total. The van der Waals surface area contributed by atoms with E-state index in [1.807, 2.05) is 11.9 Å². The number of hydrogen-bond donors (Lipinski definition) is 1. The van der Waals surface area contributed by atoms with Gasteiger partial charge in [-0.2, -0.15) is 0 Å². The Labute approximate surface area is 105 Å². The molecule has 1 rings (SSSR count). The summed E-state index contributed by atoms with van der Waals surface area (Å²) in [5.74, 6) is 1.89. The summed E-state index contributed by atoms with van der Waals surface area (Å²) in [6, 6.07) is 0. The van der Waals surface area contributed by atoms with E-state index in [4.69, 9.17) is 0 Å². The van der Waals surface area contributed by atoms with Crippen molar-refractivity contribution in [3.63, 3.8) is 0 Å². The Balaban J connectivity index is 0.00000225. The van der Waals surface area contributed by atoms with Crippen LogP contribution in [0.4, 0.5) is 0 Å². The molecule has 1 amide bonds. The van der Waals surface area contributed by atoms with Gasteiger partial charge >= 0.3 is 0 Å². The maximum Gasteiger partial charge on any atom is 0.223 e. The van der Waals surface area contributed by atoms with Gasteiger partial charge in [-0.25, -0.2) is 0 Å². The first kappa shape index (κ1) is 15.7. The van der Waals surface area contributed by atoms with E-state index in [0.29, 0.717) is 12.3 Å². The molecule has 96 valence electrons. The summed E-state index contributed by atoms with van der Waals surface area (Å²) in [6.45, 7) is 7.28. The zero-order valence-corrected chi connectivity index (χ0v) is 11.5. The first-order chi connectivity index (χ1) is 7.15. The van der Waals surface area contributed by atoms with Gasteiger partial charge in [-0.1, -0.05) is 13.8 Å². The predicted molar refractivity (Wildman–Crippen MR) is 69.9 cm³/mol. The fourth-order valence-electron chi connectivity index (χ4n) is 2.21. The van der Waals surface area contributed by atoms with Crippen molar-refractivity contribution in [3.8, 4) is 0 Å². The lowest BCUT2D eigenvalue weighted by molar-refractivity contribution is -0.132. The number of rotatable bonds is 4. The molecule has 1 saturated heterocycles. The average molecular weight is 249 g/mol. The largest absolute Gasteiger partial charge is 0.343 e. The quantitative estimate of drug-likeness (QED) is 0.825. The first-order valence-electron chi connectivity index (χ1n) is 6.07. The summed E-state index contributed by atoms with van der Waals surface area (Å²) in [5.41, 5.74) is 0. The second-order valence-corrected chi connectivity index (χ2v) is 4.82. The molecule has 0 saturated carbocycles. The number of piperidine rings is 1. The Bertz CT molecular complexity index is 201. The lowest BCUT2D eigenvalue weighted by Gasteiger charge is -2.34. The van der Waals surface area contributed by atoms with Gasteiger partial charge < -0.3 is 10.2 Å². The van der Waals surface area contributed by atoms with Crippen molar-refractivity contribution in [1.82, 2.24) is 10.2 Å². The van der Waals surface area contributed by atoms with Crippen LogP contribution in [0.25, 0.3) is 0 Å². The highest BCUT2D eigenvalue weighted by Crippen LogP contribution is 2.24.